The molecule has 2 atom stereocenters. The topological polar surface area (TPSA) is 105 Å². The number of hydrogen-bond acceptors (Lipinski definition) is 4. The van der Waals surface area contributed by atoms with E-state index in [1.54, 1.807) is 18.2 Å². The van der Waals surface area contributed by atoms with Crippen molar-refractivity contribution in [1.29, 1.82) is 0 Å². The Hall–Kier alpha value is -2.37. The number of rotatable bonds is 4. The van der Waals surface area contributed by atoms with Crippen LogP contribution in [0.2, 0.25) is 0 Å². The normalized spacial score (nSPS) is 21.8. The Morgan fingerprint density at radius 3 is 2.83 bits per heavy atom. The van der Waals surface area contributed by atoms with Crippen molar-refractivity contribution >= 4 is 17.7 Å². The summed E-state index contributed by atoms with van der Waals surface area (Å²) in [6.45, 7) is 0. The first kappa shape index (κ1) is 12.1. The predicted octanol–water partition coefficient (Wildman–Crippen LogP) is 0.622. The molecule has 1 aromatic rings. The average Bonchev–Trinajstić information content (AvgIpc) is 2.78. The molecule has 1 aromatic heterocycles. The summed E-state index contributed by atoms with van der Waals surface area (Å²) in [7, 11) is 0. The van der Waals surface area contributed by atoms with Gasteiger partial charge in [-0.25, -0.2) is 4.98 Å². The van der Waals surface area contributed by atoms with Crippen LogP contribution in [0.25, 0.3) is 0 Å². The molecular weight excluding hydrogens is 234 g/mol. The Morgan fingerprint density at radius 1 is 1.44 bits per heavy atom. The zero-order chi connectivity index (χ0) is 13.1. The minimum atomic E-state index is -0.839. The van der Waals surface area contributed by atoms with E-state index < -0.39 is 17.8 Å². The molecule has 0 saturated carbocycles. The number of carbonyl (C=O) groups excluding carboxylic acids is 1. The lowest BCUT2D eigenvalue weighted by Gasteiger charge is -2.12. The number of nitrogens with one attached hydrogen (secondary N) is 1. The lowest BCUT2D eigenvalue weighted by Crippen LogP contribution is -2.20. The van der Waals surface area contributed by atoms with Gasteiger partial charge in [-0.15, -0.1) is 0 Å². The monoisotopic (exact) mass is 247 g/mol. The largest absolute Gasteiger partial charge is 0.481 e. The highest BCUT2D eigenvalue weighted by molar-refractivity contribution is 5.93. The van der Waals surface area contributed by atoms with Crippen molar-refractivity contribution in [1.82, 2.24) is 4.98 Å². The fourth-order valence-corrected chi connectivity index (χ4v) is 1.84. The van der Waals surface area contributed by atoms with Gasteiger partial charge in [0.2, 0.25) is 5.91 Å². The number of hydrogen-bond donors (Lipinski definition) is 3. The van der Waals surface area contributed by atoms with E-state index in [9.17, 15) is 9.59 Å². The van der Waals surface area contributed by atoms with Crippen LogP contribution in [0.3, 0.4) is 0 Å². The number of carboxylic acids is 1. The fraction of sp³-hybridized carbons (Fsp3) is 0.250. The highest BCUT2D eigenvalue weighted by atomic mass is 16.4. The van der Waals surface area contributed by atoms with Gasteiger partial charge in [-0.3, -0.25) is 9.59 Å². The summed E-state index contributed by atoms with van der Waals surface area (Å²) >= 11 is 0. The van der Waals surface area contributed by atoms with Crippen molar-refractivity contribution in [3.05, 3.63) is 36.0 Å². The SMILES string of the molecule is NC(=O)c1ccnc(NC2C=CC(C(=O)O)C2)c1. The smallest absolute Gasteiger partial charge is 0.310 e. The van der Waals surface area contributed by atoms with Gasteiger partial charge in [-0.2, -0.15) is 0 Å². The Kier molecular flexibility index (Phi) is 3.27. The zero-order valence-corrected chi connectivity index (χ0v) is 9.54. The minimum Gasteiger partial charge on any atom is -0.481 e. The molecular formula is C12H13N3O3. The molecule has 1 heterocycles. The van der Waals surface area contributed by atoms with E-state index in [1.165, 1.54) is 12.3 Å². The number of aromatic nitrogens is 1. The van der Waals surface area contributed by atoms with Crippen LogP contribution in [-0.2, 0) is 4.79 Å². The molecule has 6 heteroatoms. The number of amides is 1. The summed E-state index contributed by atoms with van der Waals surface area (Å²) in [5, 5.41) is 11.9. The highest BCUT2D eigenvalue weighted by Gasteiger charge is 2.24. The predicted molar refractivity (Wildman–Crippen MR) is 65.0 cm³/mol. The van der Waals surface area contributed by atoms with Crippen molar-refractivity contribution in [3.63, 3.8) is 0 Å². The maximum absolute atomic E-state index is 11.0. The molecule has 1 aliphatic carbocycles. The summed E-state index contributed by atoms with van der Waals surface area (Å²) in [5.41, 5.74) is 5.53. The number of carboxylic acid groups (broad SMARTS) is 1. The van der Waals surface area contributed by atoms with Gasteiger partial charge in [0, 0.05) is 17.8 Å². The first-order valence-electron chi connectivity index (χ1n) is 5.50. The molecule has 2 rings (SSSR count). The Balaban J connectivity index is 2.03. The molecule has 0 radical (unpaired) electrons. The van der Waals surface area contributed by atoms with E-state index in [0.29, 0.717) is 17.8 Å². The second-order valence-corrected chi connectivity index (χ2v) is 4.11. The second-order valence-electron chi connectivity index (χ2n) is 4.11. The van der Waals surface area contributed by atoms with Gasteiger partial charge in [-0.05, 0) is 18.6 Å². The summed E-state index contributed by atoms with van der Waals surface area (Å²) in [6.07, 6.45) is 5.39. The van der Waals surface area contributed by atoms with E-state index in [2.05, 4.69) is 10.3 Å². The molecule has 0 aliphatic heterocycles. The molecule has 0 fully saturated rings. The van der Waals surface area contributed by atoms with Crippen LogP contribution in [0.15, 0.2) is 30.5 Å². The van der Waals surface area contributed by atoms with Crippen LogP contribution in [0.1, 0.15) is 16.8 Å². The maximum Gasteiger partial charge on any atom is 0.310 e. The van der Waals surface area contributed by atoms with E-state index in [4.69, 9.17) is 10.8 Å². The number of carbonyl (C=O) groups is 2. The van der Waals surface area contributed by atoms with Crippen LogP contribution in [0.5, 0.6) is 0 Å². The lowest BCUT2D eigenvalue weighted by atomic mass is 10.1. The summed E-state index contributed by atoms with van der Waals surface area (Å²) in [5.74, 6) is -1.32. The van der Waals surface area contributed by atoms with Gasteiger partial charge in [0.15, 0.2) is 0 Å². The van der Waals surface area contributed by atoms with E-state index in [0.717, 1.165) is 0 Å². The number of nitrogens with zero attached hydrogens (tertiary/aromatic N) is 1. The molecule has 0 bridgehead atoms. The number of primary amides is 1. The van der Waals surface area contributed by atoms with E-state index in [-0.39, 0.29) is 6.04 Å². The molecule has 94 valence electrons. The van der Waals surface area contributed by atoms with E-state index >= 15 is 0 Å². The van der Waals surface area contributed by atoms with Crippen LogP contribution in [0.4, 0.5) is 5.82 Å². The molecule has 6 nitrogen and oxygen atoms in total. The van der Waals surface area contributed by atoms with Gasteiger partial charge in [0.25, 0.3) is 0 Å². The molecule has 18 heavy (non-hydrogen) atoms. The fourth-order valence-electron chi connectivity index (χ4n) is 1.84. The molecule has 1 amide bonds. The van der Waals surface area contributed by atoms with Gasteiger partial charge in [-0.1, -0.05) is 12.2 Å². The van der Waals surface area contributed by atoms with Crippen LogP contribution < -0.4 is 11.1 Å². The first-order chi connectivity index (χ1) is 8.56. The third-order valence-corrected chi connectivity index (χ3v) is 2.78. The van der Waals surface area contributed by atoms with Crippen molar-refractivity contribution in [2.24, 2.45) is 11.7 Å². The molecule has 4 N–H and O–H groups in total. The van der Waals surface area contributed by atoms with Crippen molar-refractivity contribution < 1.29 is 14.7 Å². The van der Waals surface area contributed by atoms with Gasteiger partial charge in [0.05, 0.1) is 5.92 Å². The number of nitrogens with two attached hydrogens (primary N) is 1. The van der Waals surface area contributed by atoms with Crippen LogP contribution in [-0.4, -0.2) is 28.0 Å². The Morgan fingerprint density at radius 2 is 2.22 bits per heavy atom. The molecule has 1 aliphatic rings. The minimum absolute atomic E-state index is 0.0956. The maximum atomic E-state index is 11.0. The average molecular weight is 247 g/mol. The number of anilines is 1. The van der Waals surface area contributed by atoms with Crippen molar-refractivity contribution in [3.8, 4) is 0 Å². The Bertz CT molecular complexity index is 513. The molecule has 2 unspecified atom stereocenters. The van der Waals surface area contributed by atoms with E-state index in [1.807, 2.05) is 0 Å². The van der Waals surface area contributed by atoms with Crippen LogP contribution in [0, 0.1) is 5.92 Å². The van der Waals surface area contributed by atoms with Crippen molar-refractivity contribution in [2.75, 3.05) is 5.32 Å². The Labute approximate surface area is 104 Å². The number of pyridine rings is 1. The quantitative estimate of drug-likeness (QED) is 0.676. The molecule has 0 spiro atoms. The van der Waals surface area contributed by atoms with Gasteiger partial charge >= 0.3 is 5.97 Å². The number of aliphatic carboxylic acids is 1. The summed E-state index contributed by atoms with van der Waals surface area (Å²) < 4.78 is 0. The van der Waals surface area contributed by atoms with Crippen LogP contribution >= 0.6 is 0 Å². The first-order valence-corrected chi connectivity index (χ1v) is 5.50. The third-order valence-electron chi connectivity index (χ3n) is 2.78. The highest BCUT2D eigenvalue weighted by Crippen LogP contribution is 2.21. The second kappa shape index (κ2) is 4.87. The van der Waals surface area contributed by atoms with Crippen molar-refractivity contribution in [2.45, 2.75) is 12.5 Å². The lowest BCUT2D eigenvalue weighted by molar-refractivity contribution is -0.140. The third kappa shape index (κ3) is 2.65. The molecule has 0 saturated heterocycles. The summed E-state index contributed by atoms with van der Waals surface area (Å²) in [4.78, 5) is 25.8. The molecule has 0 aromatic carbocycles. The van der Waals surface area contributed by atoms with Gasteiger partial charge < -0.3 is 16.2 Å². The zero-order valence-electron chi connectivity index (χ0n) is 9.54. The van der Waals surface area contributed by atoms with Gasteiger partial charge in [0.1, 0.15) is 5.82 Å². The standard InChI is InChI=1S/C12H13N3O3/c13-11(16)7-3-4-14-10(6-7)15-9-2-1-8(5-9)12(17)18/h1-4,6,8-9H,5H2,(H2,13,16)(H,14,15)(H,17,18). The summed E-state index contributed by atoms with van der Waals surface area (Å²) in [6, 6.07) is 2.98.